The van der Waals surface area contributed by atoms with Crippen molar-refractivity contribution in [3.63, 3.8) is 0 Å². The number of aryl methyl sites for hydroxylation is 1. The topological polar surface area (TPSA) is 20.2 Å². The van der Waals surface area contributed by atoms with E-state index in [0.717, 1.165) is 10.4 Å². The third kappa shape index (κ3) is 1.88. The number of rotatable bonds is 2. The molecule has 1 N–H and O–H groups in total. The van der Waals surface area contributed by atoms with Crippen molar-refractivity contribution in [1.82, 2.24) is 0 Å². The van der Waals surface area contributed by atoms with Crippen molar-refractivity contribution >= 4 is 32.1 Å². The molecular weight excluding hydrogens is 260 g/mol. The zero-order valence-electron chi connectivity index (χ0n) is 10.3. The van der Waals surface area contributed by atoms with Crippen molar-refractivity contribution in [1.29, 1.82) is 0 Å². The van der Waals surface area contributed by atoms with Gasteiger partial charge in [-0.25, -0.2) is 0 Å². The molecule has 92 valence electrons. The fourth-order valence-electron chi connectivity index (χ4n) is 2.14. The minimum absolute atomic E-state index is 0.505. The first kappa shape index (κ1) is 11.9. The molecule has 1 aromatic carbocycles. The summed E-state index contributed by atoms with van der Waals surface area (Å²) in [7, 11) is 0. The van der Waals surface area contributed by atoms with Crippen LogP contribution >= 0.6 is 22.7 Å². The Morgan fingerprint density at radius 3 is 2.72 bits per heavy atom. The van der Waals surface area contributed by atoms with E-state index >= 15 is 0 Å². The van der Waals surface area contributed by atoms with Crippen LogP contribution in [0.5, 0.6) is 0 Å². The molecule has 0 aliphatic heterocycles. The average Bonchev–Trinajstić information content (AvgIpc) is 2.92. The molecule has 1 nitrogen and oxygen atoms in total. The molecule has 3 rings (SSSR count). The van der Waals surface area contributed by atoms with E-state index in [1.54, 1.807) is 22.7 Å². The van der Waals surface area contributed by atoms with E-state index < -0.39 is 6.10 Å². The van der Waals surface area contributed by atoms with Crippen molar-refractivity contribution in [2.45, 2.75) is 20.0 Å². The Balaban J connectivity index is 2.06. The zero-order chi connectivity index (χ0) is 12.7. The highest BCUT2D eigenvalue weighted by molar-refractivity contribution is 7.26. The van der Waals surface area contributed by atoms with Gasteiger partial charge in [0.1, 0.15) is 6.10 Å². The Hall–Kier alpha value is -1.16. The van der Waals surface area contributed by atoms with Gasteiger partial charge in [0.05, 0.1) is 0 Å². The zero-order valence-corrected chi connectivity index (χ0v) is 11.9. The molecule has 2 heterocycles. The first-order valence-electron chi connectivity index (χ1n) is 5.88. The summed E-state index contributed by atoms with van der Waals surface area (Å²) in [5.74, 6) is 0. The molecule has 0 spiro atoms. The van der Waals surface area contributed by atoms with E-state index in [1.807, 2.05) is 12.1 Å². The molecule has 1 atom stereocenters. The number of fused-ring (bicyclic) bond motifs is 1. The molecule has 0 saturated carbocycles. The van der Waals surface area contributed by atoms with Gasteiger partial charge in [-0.1, -0.05) is 18.2 Å². The van der Waals surface area contributed by atoms with Crippen LogP contribution in [-0.4, -0.2) is 5.11 Å². The van der Waals surface area contributed by atoms with Gasteiger partial charge < -0.3 is 5.11 Å². The van der Waals surface area contributed by atoms with Crippen LogP contribution < -0.4 is 0 Å². The van der Waals surface area contributed by atoms with Crippen LogP contribution in [-0.2, 0) is 0 Å². The quantitative estimate of drug-likeness (QED) is 0.720. The Labute approximate surface area is 114 Å². The van der Waals surface area contributed by atoms with Crippen molar-refractivity contribution in [2.75, 3.05) is 0 Å². The lowest BCUT2D eigenvalue weighted by Crippen LogP contribution is -2.00. The van der Waals surface area contributed by atoms with E-state index in [4.69, 9.17) is 0 Å². The molecule has 18 heavy (non-hydrogen) atoms. The Bertz CT molecular complexity index is 665. The standard InChI is InChI=1S/C15H14OS2/c1-9-4-3-5-11(10(9)2)15(16)14-8-13-12(18-14)6-7-17-13/h3-8,15-16H,1-2H3. The number of aliphatic hydroxyl groups excluding tert-OH is 1. The van der Waals surface area contributed by atoms with Gasteiger partial charge in [-0.05, 0) is 48.1 Å². The third-order valence-corrected chi connectivity index (χ3v) is 5.51. The molecule has 1 unspecified atom stereocenters. The molecule has 3 aromatic rings. The predicted molar refractivity (Wildman–Crippen MR) is 79.7 cm³/mol. The number of hydrogen-bond donors (Lipinski definition) is 1. The smallest absolute Gasteiger partial charge is 0.114 e. The van der Waals surface area contributed by atoms with Crippen molar-refractivity contribution in [2.24, 2.45) is 0 Å². The number of hydrogen-bond acceptors (Lipinski definition) is 3. The van der Waals surface area contributed by atoms with Gasteiger partial charge >= 0.3 is 0 Å². The van der Waals surface area contributed by atoms with Gasteiger partial charge in [0.25, 0.3) is 0 Å². The summed E-state index contributed by atoms with van der Waals surface area (Å²) >= 11 is 3.41. The molecule has 0 saturated heterocycles. The molecule has 0 bridgehead atoms. The summed E-state index contributed by atoms with van der Waals surface area (Å²) in [6.07, 6.45) is -0.505. The second-order valence-electron chi connectivity index (χ2n) is 4.49. The van der Waals surface area contributed by atoms with Crippen LogP contribution in [0.25, 0.3) is 9.40 Å². The summed E-state index contributed by atoms with van der Waals surface area (Å²) in [5, 5.41) is 12.6. The highest BCUT2D eigenvalue weighted by Gasteiger charge is 2.16. The molecule has 0 aliphatic carbocycles. The Kier molecular flexibility index (Phi) is 2.98. The minimum Gasteiger partial charge on any atom is -0.383 e. The second kappa shape index (κ2) is 4.50. The van der Waals surface area contributed by atoms with E-state index in [9.17, 15) is 5.11 Å². The van der Waals surface area contributed by atoms with Gasteiger partial charge in [0.15, 0.2) is 0 Å². The summed E-state index contributed by atoms with van der Waals surface area (Å²) in [6.45, 7) is 4.16. The van der Waals surface area contributed by atoms with Crippen LogP contribution in [0.4, 0.5) is 0 Å². The van der Waals surface area contributed by atoms with Gasteiger partial charge in [-0.3, -0.25) is 0 Å². The van der Waals surface area contributed by atoms with Gasteiger partial charge in [0.2, 0.25) is 0 Å². The monoisotopic (exact) mass is 274 g/mol. The summed E-state index contributed by atoms with van der Waals surface area (Å²) in [6, 6.07) is 10.3. The minimum atomic E-state index is -0.505. The van der Waals surface area contributed by atoms with Gasteiger partial charge in [-0.15, -0.1) is 22.7 Å². The fraction of sp³-hybridized carbons (Fsp3) is 0.200. The largest absolute Gasteiger partial charge is 0.383 e. The van der Waals surface area contributed by atoms with Crippen LogP contribution in [0.1, 0.15) is 27.7 Å². The highest BCUT2D eigenvalue weighted by Crippen LogP contribution is 2.36. The van der Waals surface area contributed by atoms with E-state index in [1.165, 1.54) is 20.5 Å². The SMILES string of the molecule is Cc1cccc(C(O)c2cc3sccc3s2)c1C. The average molecular weight is 274 g/mol. The molecular formula is C15H14OS2. The van der Waals surface area contributed by atoms with Crippen LogP contribution in [0.15, 0.2) is 35.7 Å². The van der Waals surface area contributed by atoms with E-state index in [-0.39, 0.29) is 0 Å². The molecule has 0 fully saturated rings. The lowest BCUT2D eigenvalue weighted by Gasteiger charge is -2.13. The Morgan fingerprint density at radius 2 is 1.94 bits per heavy atom. The Morgan fingerprint density at radius 1 is 1.11 bits per heavy atom. The van der Waals surface area contributed by atoms with Crippen molar-refractivity contribution < 1.29 is 5.11 Å². The third-order valence-electron chi connectivity index (χ3n) is 3.37. The highest BCUT2D eigenvalue weighted by atomic mass is 32.1. The molecule has 0 aliphatic rings. The van der Waals surface area contributed by atoms with Crippen LogP contribution in [0.2, 0.25) is 0 Å². The number of aliphatic hydroxyl groups is 1. The molecule has 2 aromatic heterocycles. The van der Waals surface area contributed by atoms with Crippen LogP contribution in [0, 0.1) is 13.8 Å². The number of thiophene rings is 2. The van der Waals surface area contributed by atoms with E-state index in [0.29, 0.717) is 0 Å². The summed E-state index contributed by atoms with van der Waals surface area (Å²) in [4.78, 5) is 1.03. The normalized spacial score (nSPS) is 13.1. The van der Waals surface area contributed by atoms with Crippen molar-refractivity contribution in [3.05, 3.63) is 57.3 Å². The molecule has 3 heteroatoms. The second-order valence-corrected chi connectivity index (χ2v) is 6.55. The maximum Gasteiger partial charge on any atom is 0.114 e. The van der Waals surface area contributed by atoms with Crippen molar-refractivity contribution in [3.8, 4) is 0 Å². The van der Waals surface area contributed by atoms with Crippen LogP contribution in [0.3, 0.4) is 0 Å². The van der Waals surface area contributed by atoms with Gasteiger partial charge in [-0.2, -0.15) is 0 Å². The van der Waals surface area contributed by atoms with E-state index in [2.05, 4.69) is 37.4 Å². The lowest BCUT2D eigenvalue weighted by atomic mass is 9.98. The number of benzene rings is 1. The lowest BCUT2D eigenvalue weighted by molar-refractivity contribution is 0.223. The fourth-order valence-corrected chi connectivity index (χ4v) is 4.27. The maximum atomic E-state index is 10.5. The first-order chi connectivity index (χ1) is 8.66. The molecule has 0 radical (unpaired) electrons. The maximum absolute atomic E-state index is 10.5. The predicted octanol–water partition coefficient (Wildman–Crippen LogP) is 4.66. The molecule has 0 amide bonds. The summed E-state index contributed by atoms with van der Waals surface area (Å²) in [5.41, 5.74) is 3.43. The summed E-state index contributed by atoms with van der Waals surface area (Å²) < 4.78 is 2.53. The first-order valence-corrected chi connectivity index (χ1v) is 7.57. The van der Waals surface area contributed by atoms with Gasteiger partial charge in [0, 0.05) is 14.3 Å².